The summed E-state index contributed by atoms with van der Waals surface area (Å²) in [5.41, 5.74) is -1.38. The van der Waals surface area contributed by atoms with E-state index in [4.69, 9.17) is 4.74 Å². The summed E-state index contributed by atoms with van der Waals surface area (Å²) in [6.45, 7) is 0. The summed E-state index contributed by atoms with van der Waals surface area (Å²) >= 11 is 0. The number of carbonyl (C=O) groups is 1. The lowest BCUT2D eigenvalue weighted by Gasteiger charge is -2.21. The van der Waals surface area contributed by atoms with Gasteiger partial charge < -0.3 is 4.74 Å². The van der Waals surface area contributed by atoms with E-state index >= 15 is 0 Å². The van der Waals surface area contributed by atoms with Crippen molar-refractivity contribution in [3.8, 4) is 12.1 Å². The Kier molecular flexibility index (Phi) is 4.24. The monoisotopic (exact) mass is 362 g/mol. The maximum absolute atomic E-state index is 13.0. The van der Waals surface area contributed by atoms with Crippen LogP contribution >= 0.6 is 0 Å². The van der Waals surface area contributed by atoms with Crippen molar-refractivity contribution < 1.29 is 9.53 Å². The molecule has 4 aromatic carbocycles. The van der Waals surface area contributed by atoms with Gasteiger partial charge in [0.05, 0.1) is 5.56 Å². The fraction of sp³-hybridized carbons (Fsp3) is 0.0417. The molecule has 0 aliphatic carbocycles. The summed E-state index contributed by atoms with van der Waals surface area (Å²) in [6.07, 6.45) is 0. The number of hydrogen-bond acceptors (Lipinski definition) is 4. The van der Waals surface area contributed by atoms with E-state index in [1.54, 1.807) is 30.3 Å². The normalized spacial score (nSPS) is 10.9. The summed E-state index contributed by atoms with van der Waals surface area (Å²) in [4.78, 5) is 13.0. The third kappa shape index (κ3) is 2.74. The van der Waals surface area contributed by atoms with E-state index in [1.807, 2.05) is 66.7 Å². The van der Waals surface area contributed by atoms with Crippen LogP contribution in [0.1, 0.15) is 15.9 Å². The van der Waals surface area contributed by atoms with Gasteiger partial charge in [-0.05, 0) is 27.6 Å². The first kappa shape index (κ1) is 17.3. The first-order valence-electron chi connectivity index (χ1n) is 8.70. The van der Waals surface area contributed by atoms with Crippen LogP contribution in [0.5, 0.6) is 0 Å². The standard InChI is InChI=1S/C24H14N2O2/c25-15-24(16-26,22-14-6-10-18-8-2-4-12-20(18)22)28-23(27)21-13-5-9-17-7-1-3-11-19(17)21/h1-14H. The minimum absolute atomic E-state index is 0.313. The summed E-state index contributed by atoms with van der Waals surface area (Å²) in [5, 5.41) is 22.8. The Balaban J connectivity index is 1.84. The highest BCUT2D eigenvalue weighted by Crippen LogP contribution is 2.33. The Labute approximate surface area is 161 Å². The van der Waals surface area contributed by atoms with E-state index in [0.717, 1.165) is 10.8 Å². The summed E-state index contributed by atoms with van der Waals surface area (Å²) in [5.74, 6) is -0.715. The Hall–Kier alpha value is -4.15. The predicted octanol–water partition coefficient (Wildman–Crippen LogP) is 5.09. The Morgan fingerprint density at radius 3 is 1.93 bits per heavy atom. The molecule has 132 valence electrons. The highest BCUT2D eigenvalue weighted by molar-refractivity contribution is 6.05. The second kappa shape index (κ2) is 6.87. The van der Waals surface area contributed by atoms with Crippen molar-refractivity contribution >= 4 is 27.5 Å². The molecule has 0 atom stereocenters. The number of rotatable bonds is 3. The number of hydrogen-bond donors (Lipinski definition) is 0. The zero-order valence-corrected chi connectivity index (χ0v) is 14.8. The molecule has 0 aromatic heterocycles. The van der Waals surface area contributed by atoms with Crippen molar-refractivity contribution in [1.29, 1.82) is 10.5 Å². The lowest BCUT2D eigenvalue weighted by Crippen LogP contribution is -2.29. The third-order valence-electron chi connectivity index (χ3n) is 4.74. The van der Waals surface area contributed by atoms with E-state index in [2.05, 4.69) is 0 Å². The average Bonchev–Trinajstić information content (AvgIpc) is 2.76. The van der Waals surface area contributed by atoms with E-state index in [9.17, 15) is 15.3 Å². The number of nitrogens with zero attached hydrogens (tertiary/aromatic N) is 2. The average molecular weight is 362 g/mol. The molecule has 0 bridgehead atoms. The third-order valence-corrected chi connectivity index (χ3v) is 4.74. The molecule has 4 heteroatoms. The van der Waals surface area contributed by atoms with Crippen LogP contribution in [0.3, 0.4) is 0 Å². The molecule has 0 saturated carbocycles. The van der Waals surface area contributed by atoms with Crippen LogP contribution in [-0.4, -0.2) is 5.97 Å². The summed E-state index contributed by atoms with van der Waals surface area (Å²) in [6, 6.07) is 29.1. The van der Waals surface area contributed by atoms with Crippen LogP contribution in [-0.2, 0) is 10.3 Å². The van der Waals surface area contributed by atoms with Gasteiger partial charge in [-0.15, -0.1) is 0 Å². The van der Waals surface area contributed by atoms with Crippen molar-refractivity contribution in [2.45, 2.75) is 5.60 Å². The minimum atomic E-state index is -2.05. The highest BCUT2D eigenvalue weighted by atomic mass is 16.6. The minimum Gasteiger partial charge on any atom is -0.422 e. The summed E-state index contributed by atoms with van der Waals surface area (Å²) < 4.78 is 5.56. The molecule has 0 aliphatic rings. The Bertz CT molecular complexity index is 1270. The van der Waals surface area contributed by atoms with Gasteiger partial charge in [0.15, 0.2) is 0 Å². The van der Waals surface area contributed by atoms with Crippen molar-refractivity contribution in [3.63, 3.8) is 0 Å². The maximum Gasteiger partial charge on any atom is 0.341 e. The van der Waals surface area contributed by atoms with Crippen molar-refractivity contribution in [2.24, 2.45) is 0 Å². The number of ether oxygens (including phenoxy) is 1. The molecule has 0 radical (unpaired) electrons. The topological polar surface area (TPSA) is 73.9 Å². The molecule has 0 aliphatic heterocycles. The number of benzene rings is 4. The van der Waals surface area contributed by atoms with Crippen LogP contribution in [0.2, 0.25) is 0 Å². The SMILES string of the molecule is N#CC(C#N)(OC(=O)c1cccc2ccccc12)c1cccc2ccccc12. The molecule has 0 saturated heterocycles. The van der Waals surface area contributed by atoms with Crippen molar-refractivity contribution in [3.05, 3.63) is 96.1 Å². The number of nitriles is 2. The smallest absolute Gasteiger partial charge is 0.341 e. The lowest BCUT2D eigenvalue weighted by atomic mass is 9.91. The molecule has 0 spiro atoms. The van der Waals surface area contributed by atoms with Crippen LogP contribution in [0, 0.1) is 22.7 Å². The van der Waals surface area contributed by atoms with Gasteiger partial charge in [-0.1, -0.05) is 78.9 Å². The molecule has 0 fully saturated rings. The van der Waals surface area contributed by atoms with Gasteiger partial charge in [0.1, 0.15) is 12.1 Å². The predicted molar refractivity (Wildman–Crippen MR) is 106 cm³/mol. The van der Waals surface area contributed by atoms with Crippen LogP contribution in [0.4, 0.5) is 0 Å². The molecule has 28 heavy (non-hydrogen) atoms. The fourth-order valence-corrected chi connectivity index (χ4v) is 3.38. The van der Waals surface area contributed by atoms with Gasteiger partial charge in [-0.2, -0.15) is 10.5 Å². The highest BCUT2D eigenvalue weighted by Gasteiger charge is 2.39. The molecule has 4 rings (SSSR count). The molecule has 0 unspecified atom stereocenters. The molecular formula is C24H14N2O2. The Morgan fingerprint density at radius 2 is 1.25 bits per heavy atom. The lowest BCUT2D eigenvalue weighted by molar-refractivity contribution is 0.0244. The molecule has 0 heterocycles. The van der Waals surface area contributed by atoms with E-state index in [0.29, 0.717) is 21.9 Å². The molecule has 4 aromatic rings. The molecule has 0 N–H and O–H groups in total. The zero-order chi connectivity index (χ0) is 19.6. The van der Waals surface area contributed by atoms with Crippen molar-refractivity contribution in [1.82, 2.24) is 0 Å². The molecule has 4 nitrogen and oxygen atoms in total. The first-order chi connectivity index (χ1) is 13.7. The molecular weight excluding hydrogens is 348 g/mol. The largest absolute Gasteiger partial charge is 0.422 e. The zero-order valence-electron chi connectivity index (χ0n) is 14.8. The van der Waals surface area contributed by atoms with Gasteiger partial charge in [0.2, 0.25) is 0 Å². The van der Waals surface area contributed by atoms with Crippen LogP contribution < -0.4 is 0 Å². The van der Waals surface area contributed by atoms with Crippen LogP contribution in [0.25, 0.3) is 21.5 Å². The maximum atomic E-state index is 13.0. The number of fused-ring (bicyclic) bond motifs is 2. The van der Waals surface area contributed by atoms with Crippen molar-refractivity contribution in [2.75, 3.05) is 0 Å². The second-order valence-electron chi connectivity index (χ2n) is 6.35. The Morgan fingerprint density at radius 1 is 0.714 bits per heavy atom. The van der Waals surface area contributed by atoms with Gasteiger partial charge in [0.25, 0.3) is 0 Å². The summed E-state index contributed by atoms with van der Waals surface area (Å²) in [7, 11) is 0. The van der Waals surface area contributed by atoms with E-state index in [1.165, 1.54) is 0 Å². The number of esters is 1. The van der Waals surface area contributed by atoms with Gasteiger partial charge in [0, 0.05) is 5.56 Å². The van der Waals surface area contributed by atoms with Crippen LogP contribution in [0.15, 0.2) is 84.9 Å². The quantitative estimate of drug-likeness (QED) is 0.476. The molecule has 0 amide bonds. The van der Waals surface area contributed by atoms with E-state index < -0.39 is 11.6 Å². The number of carbonyl (C=O) groups excluding carboxylic acids is 1. The van der Waals surface area contributed by atoms with E-state index in [-0.39, 0.29) is 0 Å². The van der Waals surface area contributed by atoms with Gasteiger partial charge in [-0.25, -0.2) is 4.79 Å². The van der Waals surface area contributed by atoms with Gasteiger partial charge in [-0.3, -0.25) is 0 Å². The second-order valence-corrected chi connectivity index (χ2v) is 6.35. The fourth-order valence-electron chi connectivity index (χ4n) is 3.38. The van der Waals surface area contributed by atoms with Gasteiger partial charge >= 0.3 is 11.6 Å². The first-order valence-corrected chi connectivity index (χ1v) is 8.70.